The van der Waals surface area contributed by atoms with Crippen LogP contribution in [0.4, 0.5) is 0 Å². The molecule has 0 radical (unpaired) electrons. The summed E-state index contributed by atoms with van der Waals surface area (Å²) in [4.78, 5) is 12.2. The fourth-order valence-electron chi connectivity index (χ4n) is 3.25. The molecule has 3 rings (SSSR count). The fourth-order valence-corrected chi connectivity index (χ4v) is 5.44. The molecule has 2 atom stereocenters. The summed E-state index contributed by atoms with van der Waals surface area (Å²) >= 11 is 6.27. The van der Waals surface area contributed by atoms with Crippen LogP contribution in [0.5, 0.6) is 0 Å². The summed E-state index contributed by atoms with van der Waals surface area (Å²) in [5.74, 6) is 0.152. The van der Waals surface area contributed by atoms with Crippen molar-refractivity contribution in [2.45, 2.75) is 25.4 Å². The van der Waals surface area contributed by atoms with E-state index in [0.717, 1.165) is 17.7 Å². The zero-order valence-corrected chi connectivity index (χ0v) is 13.7. The highest BCUT2D eigenvalue weighted by Gasteiger charge is 2.30. The van der Waals surface area contributed by atoms with E-state index in [0.29, 0.717) is 18.0 Å². The van der Waals surface area contributed by atoms with Crippen LogP contribution in [0, 0.1) is 5.92 Å². The smallest absolute Gasteiger partial charge is 0.220 e. The van der Waals surface area contributed by atoms with Crippen molar-refractivity contribution >= 4 is 27.3 Å². The third-order valence-corrected chi connectivity index (χ3v) is 6.46. The van der Waals surface area contributed by atoms with Crippen molar-refractivity contribution in [3.8, 4) is 0 Å². The number of benzene rings is 1. The molecule has 0 bridgehead atoms. The maximum absolute atomic E-state index is 12.2. The lowest BCUT2D eigenvalue weighted by molar-refractivity contribution is -0.122. The van der Waals surface area contributed by atoms with Crippen molar-refractivity contribution in [1.82, 2.24) is 10.6 Å². The van der Waals surface area contributed by atoms with Gasteiger partial charge in [-0.15, -0.1) is 0 Å². The van der Waals surface area contributed by atoms with Gasteiger partial charge in [0.1, 0.15) is 0 Å². The van der Waals surface area contributed by atoms with E-state index in [4.69, 9.17) is 11.6 Å². The van der Waals surface area contributed by atoms with Crippen molar-refractivity contribution in [3.05, 3.63) is 34.3 Å². The summed E-state index contributed by atoms with van der Waals surface area (Å²) in [7, 11) is -2.94. The van der Waals surface area contributed by atoms with Gasteiger partial charge in [0.2, 0.25) is 5.91 Å². The molecule has 1 amide bonds. The number of fused-ring (bicyclic) bond motifs is 1. The molecule has 0 spiro atoms. The molecule has 7 heteroatoms. The predicted octanol–water partition coefficient (Wildman–Crippen LogP) is 1.43. The van der Waals surface area contributed by atoms with Crippen molar-refractivity contribution in [3.63, 3.8) is 0 Å². The first-order valence-corrected chi connectivity index (χ1v) is 9.62. The van der Waals surface area contributed by atoms with E-state index >= 15 is 0 Å². The van der Waals surface area contributed by atoms with E-state index in [1.165, 1.54) is 0 Å². The zero-order valence-electron chi connectivity index (χ0n) is 12.1. The Balaban J connectivity index is 1.66. The number of amides is 1. The molecule has 1 aromatic rings. The lowest BCUT2D eigenvalue weighted by atomic mass is 9.96. The lowest BCUT2D eigenvalue weighted by Crippen LogP contribution is -2.40. The molecule has 1 saturated heterocycles. The number of carbonyl (C=O) groups is 1. The highest BCUT2D eigenvalue weighted by atomic mass is 35.5. The number of hydrogen-bond donors (Lipinski definition) is 2. The Hall–Kier alpha value is -1.11. The van der Waals surface area contributed by atoms with E-state index in [2.05, 4.69) is 10.6 Å². The van der Waals surface area contributed by atoms with E-state index < -0.39 is 9.84 Å². The summed E-state index contributed by atoms with van der Waals surface area (Å²) in [6.45, 7) is 1.37. The van der Waals surface area contributed by atoms with Crippen LogP contribution in [-0.4, -0.2) is 32.4 Å². The molecule has 2 heterocycles. The van der Waals surface area contributed by atoms with Crippen molar-refractivity contribution in [2.24, 2.45) is 5.92 Å². The highest BCUT2D eigenvalue weighted by Crippen LogP contribution is 2.30. The van der Waals surface area contributed by atoms with Gasteiger partial charge in [0.25, 0.3) is 0 Å². The molecular weight excluding hydrogens is 324 g/mol. The fraction of sp³-hybridized carbons (Fsp3) is 0.533. The van der Waals surface area contributed by atoms with Gasteiger partial charge in [-0.2, -0.15) is 0 Å². The normalized spacial score (nSPS) is 26.4. The Kier molecular flexibility index (Phi) is 4.43. The quantitative estimate of drug-likeness (QED) is 0.871. The van der Waals surface area contributed by atoms with Gasteiger partial charge in [0.15, 0.2) is 9.84 Å². The summed E-state index contributed by atoms with van der Waals surface area (Å²) in [5.41, 5.74) is 2.06. The monoisotopic (exact) mass is 342 g/mol. The van der Waals surface area contributed by atoms with Gasteiger partial charge in [0, 0.05) is 24.5 Å². The maximum Gasteiger partial charge on any atom is 0.220 e. The first kappa shape index (κ1) is 15.8. The Labute approximate surface area is 135 Å². The molecule has 0 aliphatic carbocycles. The topological polar surface area (TPSA) is 75.3 Å². The molecule has 2 aliphatic rings. The number of rotatable bonds is 3. The maximum atomic E-state index is 12.2. The molecule has 22 heavy (non-hydrogen) atoms. The van der Waals surface area contributed by atoms with Crippen LogP contribution >= 0.6 is 11.6 Å². The minimum atomic E-state index is -2.94. The first-order valence-electron chi connectivity index (χ1n) is 7.42. The predicted molar refractivity (Wildman–Crippen MR) is 85.4 cm³/mol. The van der Waals surface area contributed by atoms with Gasteiger partial charge < -0.3 is 10.6 Å². The van der Waals surface area contributed by atoms with Gasteiger partial charge in [0.05, 0.1) is 17.5 Å². The van der Waals surface area contributed by atoms with Crippen LogP contribution in [0.25, 0.3) is 0 Å². The minimum absolute atomic E-state index is 0.0627. The van der Waals surface area contributed by atoms with Gasteiger partial charge in [-0.25, -0.2) is 8.42 Å². The second kappa shape index (κ2) is 6.18. The van der Waals surface area contributed by atoms with E-state index in [9.17, 15) is 13.2 Å². The Morgan fingerprint density at radius 2 is 2.23 bits per heavy atom. The molecule has 1 aromatic carbocycles. The molecule has 5 nitrogen and oxygen atoms in total. The molecule has 120 valence electrons. The third kappa shape index (κ3) is 3.45. The molecule has 0 saturated carbocycles. The minimum Gasteiger partial charge on any atom is -0.348 e. The Morgan fingerprint density at radius 1 is 1.41 bits per heavy atom. The van der Waals surface area contributed by atoms with E-state index in [1.807, 2.05) is 18.2 Å². The molecule has 1 fully saturated rings. The van der Waals surface area contributed by atoms with Crippen LogP contribution in [0.2, 0.25) is 5.02 Å². The average Bonchev–Trinajstić information content (AvgIpc) is 2.78. The van der Waals surface area contributed by atoms with Crippen LogP contribution in [-0.2, 0) is 21.2 Å². The standard InChI is InChI=1S/C15H19ClN2O3S/c16-12-3-1-2-11-7-17-8-13(15(11)12)18-14(19)6-10-4-5-22(20,21)9-10/h1-3,10,13,17H,4-9H2,(H,18,19). The summed E-state index contributed by atoms with van der Waals surface area (Å²) in [5, 5.41) is 6.91. The second-order valence-electron chi connectivity index (χ2n) is 6.04. The van der Waals surface area contributed by atoms with Crippen LogP contribution in [0.3, 0.4) is 0 Å². The Bertz CT molecular complexity index is 690. The molecule has 0 aromatic heterocycles. The van der Waals surface area contributed by atoms with Crippen molar-refractivity contribution < 1.29 is 13.2 Å². The second-order valence-corrected chi connectivity index (χ2v) is 8.67. The third-order valence-electron chi connectivity index (χ3n) is 4.29. The number of halogens is 1. The summed E-state index contributed by atoms with van der Waals surface area (Å²) in [6, 6.07) is 5.56. The molecular formula is C15H19ClN2O3S. The molecule has 2 aliphatic heterocycles. The number of sulfone groups is 1. The van der Waals surface area contributed by atoms with Gasteiger partial charge in [-0.05, 0) is 29.5 Å². The highest BCUT2D eigenvalue weighted by molar-refractivity contribution is 7.91. The van der Waals surface area contributed by atoms with Gasteiger partial charge in [-0.3, -0.25) is 4.79 Å². The number of hydrogen-bond acceptors (Lipinski definition) is 4. The largest absolute Gasteiger partial charge is 0.348 e. The van der Waals surface area contributed by atoms with E-state index in [1.54, 1.807) is 0 Å². The average molecular weight is 343 g/mol. The zero-order chi connectivity index (χ0) is 15.7. The van der Waals surface area contributed by atoms with Crippen LogP contribution in [0.15, 0.2) is 18.2 Å². The van der Waals surface area contributed by atoms with Crippen LogP contribution in [0.1, 0.15) is 30.0 Å². The van der Waals surface area contributed by atoms with Crippen molar-refractivity contribution in [2.75, 3.05) is 18.1 Å². The number of carbonyl (C=O) groups excluding carboxylic acids is 1. The van der Waals surface area contributed by atoms with Gasteiger partial charge in [-0.1, -0.05) is 23.7 Å². The van der Waals surface area contributed by atoms with Gasteiger partial charge >= 0.3 is 0 Å². The van der Waals surface area contributed by atoms with Crippen molar-refractivity contribution in [1.29, 1.82) is 0 Å². The first-order chi connectivity index (χ1) is 10.4. The summed E-state index contributed by atoms with van der Waals surface area (Å²) in [6.07, 6.45) is 0.839. The summed E-state index contributed by atoms with van der Waals surface area (Å²) < 4.78 is 22.9. The Morgan fingerprint density at radius 3 is 2.95 bits per heavy atom. The lowest BCUT2D eigenvalue weighted by Gasteiger charge is -2.28. The van der Waals surface area contributed by atoms with Crippen LogP contribution < -0.4 is 10.6 Å². The number of nitrogens with one attached hydrogen (secondary N) is 2. The molecule has 2 unspecified atom stereocenters. The molecule has 2 N–H and O–H groups in total. The van der Waals surface area contributed by atoms with E-state index in [-0.39, 0.29) is 35.8 Å². The SMILES string of the molecule is O=C(CC1CCS(=O)(=O)C1)NC1CNCc2cccc(Cl)c21.